The summed E-state index contributed by atoms with van der Waals surface area (Å²) in [5.74, 6) is -0.480. The van der Waals surface area contributed by atoms with Gasteiger partial charge in [-0.15, -0.1) is 0 Å². The molecule has 0 spiro atoms. The van der Waals surface area contributed by atoms with Crippen LogP contribution in [0.15, 0.2) is 46.9 Å². The van der Waals surface area contributed by atoms with Crippen LogP contribution < -0.4 is 10.9 Å². The van der Waals surface area contributed by atoms with Gasteiger partial charge in [-0.3, -0.25) is 10.2 Å². The number of aromatic hydroxyl groups is 1. The van der Waals surface area contributed by atoms with Gasteiger partial charge in [-0.05, 0) is 49.2 Å². The molecule has 0 aliphatic heterocycles. The number of phenolic OH excluding ortho intramolecular Hbond substituents is 1. The minimum absolute atomic E-state index is 0.0581. The van der Waals surface area contributed by atoms with Gasteiger partial charge in [0.15, 0.2) is 11.3 Å². The van der Waals surface area contributed by atoms with Gasteiger partial charge in [0, 0.05) is 11.1 Å². The van der Waals surface area contributed by atoms with Crippen molar-refractivity contribution in [3.63, 3.8) is 0 Å². The van der Waals surface area contributed by atoms with Crippen LogP contribution >= 0.6 is 0 Å². The number of fused-ring (bicyclic) bond motifs is 1. The van der Waals surface area contributed by atoms with Gasteiger partial charge in [0.25, 0.3) is 5.91 Å². The first-order chi connectivity index (χ1) is 10.9. The number of anilines is 1. The Bertz CT molecular complexity index is 953. The highest BCUT2D eigenvalue weighted by molar-refractivity contribution is 6.05. The van der Waals surface area contributed by atoms with E-state index in [9.17, 15) is 9.90 Å². The van der Waals surface area contributed by atoms with Gasteiger partial charge in [-0.1, -0.05) is 18.2 Å². The molecule has 3 aromatic rings. The molecule has 23 heavy (non-hydrogen) atoms. The fourth-order valence-corrected chi connectivity index (χ4v) is 2.56. The number of phenols is 1. The lowest BCUT2D eigenvalue weighted by Gasteiger charge is -2.08. The summed E-state index contributed by atoms with van der Waals surface area (Å²) in [6.07, 6.45) is 0. The third-order valence-electron chi connectivity index (χ3n) is 3.50. The molecule has 116 valence electrons. The molecule has 3 N–H and O–H groups in total. The predicted molar refractivity (Wildman–Crippen MR) is 87.6 cm³/mol. The molecule has 0 radical (unpaired) electrons. The lowest BCUT2D eigenvalue weighted by molar-refractivity contribution is 0.102. The second kappa shape index (κ2) is 5.61. The Balaban J connectivity index is 2.01. The first-order valence-electron chi connectivity index (χ1n) is 7.14. The van der Waals surface area contributed by atoms with Gasteiger partial charge in [0.2, 0.25) is 5.55 Å². The number of rotatable bonds is 2. The molecule has 1 aromatic heterocycles. The molecule has 1 amide bonds. The number of aryl methyl sites for hydroxylation is 2. The van der Waals surface area contributed by atoms with E-state index >= 15 is 0 Å². The smallest absolute Gasteiger partial charge is 0.261 e. The Morgan fingerprint density at radius 2 is 1.83 bits per heavy atom. The Kier molecular flexibility index (Phi) is 3.62. The number of para-hydroxylation sites is 1. The van der Waals surface area contributed by atoms with Crippen molar-refractivity contribution < 1.29 is 14.3 Å². The molecule has 5 nitrogen and oxygen atoms in total. The molecule has 0 saturated carbocycles. The Morgan fingerprint density at radius 1 is 1.13 bits per heavy atom. The summed E-state index contributed by atoms with van der Waals surface area (Å²) in [5, 5.41) is 21.0. The first kappa shape index (κ1) is 14.8. The van der Waals surface area contributed by atoms with E-state index in [1.807, 2.05) is 32.0 Å². The molecule has 2 aromatic carbocycles. The largest absolute Gasteiger partial charge is 0.504 e. The maximum atomic E-state index is 12.4. The first-order valence-corrected chi connectivity index (χ1v) is 7.14. The Morgan fingerprint density at radius 3 is 2.52 bits per heavy atom. The number of amides is 1. The summed E-state index contributed by atoms with van der Waals surface area (Å²) in [5.41, 5.74) is 2.77. The SMILES string of the molecule is Cc1cc(C)cc(NC(=O)c2cc3cccc(O)c3oc2=N)c1. The maximum absolute atomic E-state index is 12.4. The van der Waals surface area contributed by atoms with E-state index in [0.29, 0.717) is 11.1 Å². The minimum atomic E-state index is -0.422. The second-order valence-electron chi connectivity index (χ2n) is 5.52. The predicted octanol–water partition coefficient (Wildman–Crippen LogP) is 3.49. The second-order valence-corrected chi connectivity index (χ2v) is 5.52. The van der Waals surface area contributed by atoms with Crippen molar-refractivity contribution in [2.24, 2.45) is 0 Å². The highest BCUT2D eigenvalue weighted by atomic mass is 16.4. The highest BCUT2D eigenvalue weighted by Gasteiger charge is 2.13. The Labute approximate surface area is 132 Å². The van der Waals surface area contributed by atoms with E-state index in [-0.39, 0.29) is 22.5 Å². The van der Waals surface area contributed by atoms with Crippen LogP contribution in [0.2, 0.25) is 0 Å². The lowest BCUT2D eigenvalue weighted by atomic mass is 10.1. The Hall–Kier alpha value is -3.08. The molecular formula is C18H16N2O3. The average Bonchev–Trinajstić information content (AvgIpc) is 2.46. The molecule has 0 aliphatic rings. The topological polar surface area (TPSA) is 86.3 Å². The van der Waals surface area contributed by atoms with Crippen LogP contribution in [0.1, 0.15) is 21.5 Å². The van der Waals surface area contributed by atoms with Crippen LogP contribution in [-0.2, 0) is 0 Å². The normalized spacial score (nSPS) is 10.7. The molecule has 0 bridgehead atoms. The monoisotopic (exact) mass is 308 g/mol. The standard InChI is InChI=1S/C18H16N2O3/c1-10-6-11(2)8-13(7-10)20-18(22)14-9-12-4-3-5-15(21)16(12)23-17(14)19/h3-9,19,21H,1-2H3,(H,20,22). The molecule has 0 unspecified atom stereocenters. The number of hydrogen-bond donors (Lipinski definition) is 3. The third kappa shape index (κ3) is 2.94. The number of carbonyl (C=O) groups excluding carboxylic acids is 1. The molecule has 0 atom stereocenters. The van der Waals surface area contributed by atoms with E-state index in [1.54, 1.807) is 18.2 Å². The van der Waals surface area contributed by atoms with E-state index < -0.39 is 5.91 Å². The van der Waals surface area contributed by atoms with Crippen molar-refractivity contribution in [3.8, 4) is 5.75 Å². The van der Waals surface area contributed by atoms with Crippen LogP contribution in [0, 0.1) is 19.3 Å². The molecule has 5 heteroatoms. The average molecular weight is 308 g/mol. The summed E-state index contributed by atoms with van der Waals surface area (Å²) in [7, 11) is 0. The summed E-state index contributed by atoms with van der Waals surface area (Å²) in [6.45, 7) is 3.90. The van der Waals surface area contributed by atoms with Crippen molar-refractivity contribution in [1.82, 2.24) is 0 Å². The summed E-state index contributed by atoms with van der Waals surface area (Å²) in [4.78, 5) is 12.4. The lowest BCUT2D eigenvalue weighted by Crippen LogP contribution is -2.20. The number of hydrogen-bond acceptors (Lipinski definition) is 4. The molecule has 3 rings (SSSR count). The van der Waals surface area contributed by atoms with Crippen molar-refractivity contribution in [1.29, 1.82) is 5.41 Å². The molecule has 0 aliphatic carbocycles. The molecule has 0 fully saturated rings. The summed E-state index contributed by atoms with van der Waals surface area (Å²) >= 11 is 0. The fourth-order valence-electron chi connectivity index (χ4n) is 2.56. The highest BCUT2D eigenvalue weighted by Crippen LogP contribution is 2.23. The van der Waals surface area contributed by atoms with Crippen LogP contribution in [0.25, 0.3) is 11.0 Å². The van der Waals surface area contributed by atoms with E-state index in [1.165, 1.54) is 6.07 Å². The number of nitrogens with one attached hydrogen (secondary N) is 2. The minimum Gasteiger partial charge on any atom is -0.504 e. The van der Waals surface area contributed by atoms with E-state index in [2.05, 4.69) is 5.32 Å². The van der Waals surface area contributed by atoms with Crippen LogP contribution in [0.4, 0.5) is 5.69 Å². The molecule has 1 heterocycles. The fraction of sp³-hybridized carbons (Fsp3) is 0.111. The van der Waals surface area contributed by atoms with Crippen molar-refractivity contribution in [2.45, 2.75) is 13.8 Å². The van der Waals surface area contributed by atoms with Gasteiger partial charge < -0.3 is 14.8 Å². The zero-order chi connectivity index (χ0) is 16.6. The third-order valence-corrected chi connectivity index (χ3v) is 3.50. The van der Waals surface area contributed by atoms with Gasteiger partial charge in [-0.25, -0.2) is 0 Å². The quantitative estimate of drug-likeness (QED) is 0.677. The van der Waals surface area contributed by atoms with Gasteiger partial charge in [-0.2, -0.15) is 0 Å². The number of carbonyl (C=O) groups is 1. The maximum Gasteiger partial charge on any atom is 0.261 e. The van der Waals surface area contributed by atoms with Crippen LogP contribution in [0.5, 0.6) is 5.75 Å². The van der Waals surface area contributed by atoms with Gasteiger partial charge in [0.05, 0.1) is 0 Å². The zero-order valence-corrected chi connectivity index (χ0v) is 12.8. The summed E-state index contributed by atoms with van der Waals surface area (Å²) < 4.78 is 5.29. The van der Waals surface area contributed by atoms with E-state index in [0.717, 1.165) is 11.1 Å². The van der Waals surface area contributed by atoms with Crippen molar-refractivity contribution in [2.75, 3.05) is 5.32 Å². The van der Waals surface area contributed by atoms with Crippen LogP contribution in [0.3, 0.4) is 0 Å². The van der Waals surface area contributed by atoms with E-state index in [4.69, 9.17) is 9.83 Å². The van der Waals surface area contributed by atoms with Crippen molar-refractivity contribution in [3.05, 3.63) is 64.7 Å². The number of benzene rings is 2. The van der Waals surface area contributed by atoms with Crippen molar-refractivity contribution >= 4 is 22.6 Å². The van der Waals surface area contributed by atoms with Gasteiger partial charge in [0.1, 0.15) is 5.56 Å². The summed E-state index contributed by atoms with van der Waals surface area (Å²) in [6, 6.07) is 12.1. The zero-order valence-electron chi connectivity index (χ0n) is 12.8. The van der Waals surface area contributed by atoms with Gasteiger partial charge >= 0.3 is 0 Å². The molecule has 0 saturated heterocycles. The molecular weight excluding hydrogens is 292 g/mol. The van der Waals surface area contributed by atoms with Crippen LogP contribution in [-0.4, -0.2) is 11.0 Å².